The molecule has 4 heteroatoms. The molecule has 1 atom stereocenters. The Morgan fingerprint density at radius 3 is 2.83 bits per heavy atom. The summed E-state index contributed by atoms with van der Waals surface area (Å²) in [5, 5.41) is 9.84. The Morgan fingerprint density at radius 2 is 2.22 bits per heavy atom. The summed E-state index contributed by atoms with van der Waals surface area (Å²) in [4.78, 5) is 10.8. The standard InChI is InChI=1S/C14H17NO3/c1-2-9-3-4-12-10(5-9)6-13(18-12)11(8-15)7-14(16)17/h3-6,11H,2,7-8,15H2,1H3,(H,16,17). The third kappa shape index (κ3) is 2.54. The molecule has 0 fully saturated rings. The fourth-order valence-electron chi connectivity index (χ4n) is 2.05. The van der Waals surface area contributed by atoms with E-state index < -0.39 is 5.97 Å². The molecule has 0 aliphatic heterocycles. The number of furan rings is 1. The van der Waals surface area contributed by atoms with Gasteiger partial charge in [0.1, 0.15) is 11.3 Å². The number of nitrogens with two attached hydrogens (primary N) is 1. The lowest BCUT2D eigenvalue weighted by Crippen LogP contribution is -2.15. The van der Waals surface area contributed by atoms with Crippen molar-refractivity contribution in [2.24, 2.45) is 5.73 Å². The van der Waals surface area contributed by atoms with E-state index >= 15 is 0 Å². The molecule has 4 nitrogen and oxygen atoms in total. The van der Waals surface area contributed by atoms with Gasteiger partial charge >= 0.3 is 5.97 Å². The topological polar surface area (TPSA) is 76.5 Å². The van der Waals surface area contributed by atoms with Crippen LogP contribution in [0.1, 0.15) is 30.6 Å². The quantitative estimate of drug-likeness (QED) is 0.851. The van der Waals surface area contributed by atoms with Gasteiger partial charge in [-0.3, -0.25) is 4.79 Å². The van der Waals surface area contributed by atoms with Crippen molar-refractivity contribution in [1.82, 2.24) is 0 Å². The first-order valence-electron chi connectivity index (χ1n) is 6.08. The van der Waals surface area contributed by atoms with E-state index in [1.807, 2.05) is 18.2 Å². The molecule has 0 saturated heterocycles. The number of rotatable bonds is 5. The average molecular weight is 247 g/mol. The summed E-state index contributed by atoms with van der Waals surface area (Å²) in [6.07, 6.45) is 0.961. The van der Waals surface area contributed by atoms with Gasteiger partial charge in [0.15, 0.2) is 0 Å². The van der Waals surface area contributed by atoms with Crippen molar-refractivity contribution >= 4 is 16.9 Å². The van der Waals surface area contributed by atoms with Crippen molar-refractivity contribution in [2.45, 2.75) is 25.7 Å². The molecule has 0 radical (unpaired) electrons. The van der Waals surface area contributed by atoms with Crippen LogP contribution in [0.2, 0.25) is 0 Å². The maximum Gasteiger partial charge on any atom is 0.304 e. The summed E-state index contributed by atoms with van der Waals surface area (Å²) in [7, 11) is 0. The SMILES string of the molecule is CCc1ccc2oc(C(CN)CC(=O)O)cc2c1. The molecule has 0 spiro atoms. The Labute approximate surface area is 105 Å². The minimum atomic E-state index is -0.861. The predicted molar refractivity (Wildman–Crippen MR) is 69.6 cm³/mol. The van der Waals surface area contributed by atoms with Crippen LogP contribution in [0.5, 0.6) is 0 Å². The first-order chi connectivity index (χ1) is 8.63. The van der Waals surface area contributed by atoms with Crippen LogP contribution in [0, 0.1) is 0 Å². The number of benzene rings is 1. The molecule has 0 aliphatic rings. The first kappa shape index (κ1) is 12.6. The van der Waals surface area contributed by atoms with Gasteiger partial charge in [-0.15, -0.1) is 0 Å². The highest BCUT2D eigenvalue weighted by molar-refractivity contribution is 5.79. The number of aliphatic carboxylic acids is 1. The van der Waals surface area contributed by atoms with Crippen molar-refractivity contribution in [3.05, 3.63) is 35.6 Å². The summed E-state index contributed by atoms with van der Waals surface area (Å²) in [6, 6.07) is 7.90. The smallest absolute Gasteiger partial charge is 0.304 e. The number of hydrogen-bond donors (Lipinski definition) is 2. The molecule has 0 saturated carbocycles. The lowest BCUT2D eigenvalue weighted by Gasteiger charge is -2.07. The normalized spacial score (nSPS) is 12.8. The fraction of sp³-hybridized carbons (Fsp3) is 0.357. The molecule has 2 rings (SSSR count). The van der Waals surface area contributed by atoms with Crippen LogP contribution in [-0.4, -0.2) is 17.6 Å². The van der Waals surface area contributed by atoms with E-state index in [1.165, 1.54) is 5.56 Å². The summed E-state index contributed by atoms with van der Waals surface area (Å²) < 4.78 is 5.68. The molecule has 2 aromatic rings. The Hall–Kier alpha value is -1.81. The molecule has 1 unspecified atom stereocenters. The van der Waals surface area contributed by atoms with E-state index in [0.29, 0.717) is 5.76 Å². The molecule has 0 amide bonds. The highest BCUT2D eigenvalue weighted by Gasteiger charge is 2.18. The molecular formula is C14H17NO3. The van der Waals surface area contributed by atoms with Gasteiger partial charge in [-0.25, -0.2) is 0 Å². The maximum atomic E-state index is 10.8. The molecule has 1 aromatic carbocycles. The van der Waals surface area contributed by atoms with Gasteiger partial charge in [0.25, 0.3) is 0 Å². The van der Waals surface area contributed by atoms with Crippen molar-refractivity contribution in [3.8, 4) is 0 Å². The summed E-state index contributed by atoms with van der Waals surface area (Å²) in [5.41, 5.74) is 7.62. The lowest BCUT2D eigenvalue weighted by molar-refractivity contribution is -0.137. The zero-order valence-electron chi connectivity index (χ0n) is 10.3. The van der Waals surface area contributed by atoms with Gasteiger partial charge in [0, 0.05) is 17.8 Å². The minimum absolute atomic E-state index is 0.00302. The van der Waals surface area contributed by atoms with Crippen LogP contribution in [0.3, 0.4) is 0 Å². The minimum Gasteiger partial charge on any atom is -0.481 e. The number of fused-ring (bicyclic) bond motifs is 1. The monoisotopic (exact) mass is 247 g/mol. The second-order valence-electron chi connectivity index (χ2n) is 4.40. The molecule has 1 heterocycles. The van der Waals surface area contributed by atoms with Crippen molar-refractivity contribution in [1.29, 1.82) is 0 Å². The predicted octanol–water partition coefficient (Wildman–Crippen LogP) is 2.51. The van der Waals surface area contributed by atoms with Crippen LogP contribution in [0.15, 0.2) is 28.7 Å². The van der Waals surface area contributed by atoms with Crippen LogP contribution in [0.4, 0.5) is 0 Å². The average Bonchev–Trinajstić information content (AvgIpc) is 2.77. The second kappa shape index (κ2) is 5.23. The van der Waals surface area contributed by atoms with Gasteiger partial charge in [0.05, 0.1) is 6.42 Å². The molecule has 0 bridgehead atoms. The summed E-state index contributed by atoms with van der Waals surface area (Å²) in [5.74, 6) is -0.469. The van der Waals surface area contributed by atoms with Crippen molar-refractivity contribution in [3.63, 3.8) is 0 Å². The number of hydrogen-bond acceptors (Lipinski definition) is 3. The molecule has 18 heavy (non-hydrogen) atoms. The van der Waals surface area contributed by atoms with E-state index in [0.717, 1.165) is 17.4 Å². The van der Waals surface area contributed by atoms with E-state index in [2.05, 4.69) is 13.0 Å². The molecule has 0 aliphatic carbocycles. The fourth-order valence-corrected chi connectivity index (χ4v) is 2.05. The highest BCUT2D eigenvalue weighted by Crippen LogP contribution is 2.27. The molecule has 96 valence electrons. The largest absolute Gasteiger partial charge is 0.481 e. The van der Waals surface area contributed by atoms with E-state index in [9.17, 15) is 4.79 Å². The number of carboxylic acids is 1. The number of carboxylic acid groups (broad SMARTS) is 1. The Morgan fingerprint density at radius 1 is 1.44 bits per heavy atom. The molecular weight excluding hydrogens is 230 g/mol. The van der Waals surface area contributed by atoms with Gasteiger partial charge in [-0.2, -0.15) is 0 Å². The zero-order chi connectivity index (χ0) is 13.1. The lowest BCUT2D eigenvalue weighted by atomic mass is 10.0. The highest BCUT2D eigenvalue weighted by atomic mass is 16.4. The number of carbonyl (C=O) groups is 1. The van der Waals surface area contributed by atoms with Gasteiger partial charge < -0.3 is 15.3 Å². The van der Waals surface area contributed by atoms with E-state index in [-0.39, 0.29) is 18.9 Å². The van der Waals surface area contributed by atoms with E-state index in [4.69, 9.17) is 15.3 Å². The Kier molecular flexibility index (Phi) is 3.67. The third-order valence-corrected chi connectivity index (χ3v) is 3.12. The van der Waals surface area contributed by atoms with Crippen LogP contribution in [0.25, 0.3) is 11.0 Å². The van der Waals surface area contributed by atoms with Crippen molar-refractivity contribution in [2.75, 3.05) is 6.54 Å². The van der Waals surface area contributed by atoms with E-state index in [1.54, 1.807) is 0 Å². The maximum absolute atomic E-state index is 10.8. The van der Waals surface area contributed by atoms with Gasteiger partial charge in [-0.05, 0) is 30.2 Å². The zero-order valence-corrected chi connectivity index (χ0v) is 10.3. The summed E-state index contributed by atoms with van der Waals surface area (Å²) in [6.45, 7) is 2.36. The molecule has 1 aromatic heterocycles. The Balaban J connectivity index is 2.36. The Bertz CT molecular complexity index is 559. The van der Waals surface area contributed by atoms with Crippen LogP contribution < -0.4 is 5.73 Å². The second-order valence-corrected chi connectivity index (χ2v) is 4.40. The molecule has 3 N–H and O–H groups in total. The first-order valence-corrected chi connectivity index (χ1v) is 6.08. The van der Waals surface area contributed by atoms with Crippen molar-refractivity contribution < 1.29 is 14.3 Å². The van der Waals surface area contributed by atoms with Gasteiger partial charge in [-0.1, -0.05) is 13.0 Å². The van der Waals surface area contributed by atoms with Crippen LogP contribution >= 0.6 is 0 Å². The summed E-state index contributed by atoms with van der Waals surface area (Å²) >= 11 is 0. The van der Waals surface area contributed by atoms with Gasteiger partial charge in [0.2, 0.25) is 0 Å². The number of aryl methyl sites for hydroxylation is 1. The third-order valence-electron chi connectivity index (χ3n) is 3.12. The van der Waals surface area contributed by atoms with Crippen LogP contribution in [-0.2, 0) is 11.2 Å².